The molecule has 2 aliphatic rings. The van der Waals surface area contributed by atoms with Gasteiger partial charge in [-0.3, -0.25) is 0 Å². The number of aliphatic hydroxyl groups is 2. The minimum absolute atomic E-state index is 0.743. The third-order valence-electron chi connectivity index (χ3n) is 3.98. The molecule has 2 aliphatic carbocycles. The van der Waals surface area contributed by atoms with Gasteiger partial charge in [-0.25, -0.2) is 0 Å². The molecule has 0 atom stereocenters. The summed E-state index contributed by atoms with van der Waals surface area (Å²) in [6.07, 6.45) is 8.79. The van der Waals surface area contributed by atoms with Crippen molar-refractivity contribution >= 4 is 0 Å². The normalized spacial score (nSPS) is 31.8. The Labute approximate surface area is 80.0 Å². The maximum absolute atomic E-state index is 10.4. The highest BCUT2D eigenvalue weighted by Gasteiger charge is 2.50. The van der Waals surface area contributed by atoms with E-state index in [1.165, 1.54) is 6.42 Å². The van der Waals surface area contributed by atoms with Crippen molar-refractivity contribution in [3.63, 3.8) is 0 Å². The third kappa shape index (κ3) is 1.50. The van der Waals surface area contributed by atoms with Gasteiger partial charge in [-0.05, 0) is 25.7 Å². The summed E-state index contributed by atoms with van der Waals surface area (Å²) in [5.74, 6) is 0. The second-order valence-electron chi connectivity index (χ2n) is 4.83. The quantitative estimate of drug-likeness (QED) is 0.654. The Balaban J connectivity index is 2.11. The lowest BCUT2D eigenvalue weighted by Gasteiger charge is -2.43. The predicted octanol–water partition coefficient (Wildman–Crippen LogP) is 1.99. The average Bonchev–Trinajstić information content (AvgIpc) is 2.55. The molecule has 0 aromatic rings. The molecular weight excluding hydrogens is 164 g/mol. The lowest BCUT2D eigenvalue weighted by atomic mass is 9.72. The lowest BCUT2D eigenvalue weighted by molar-refractivity contribution is -0.164. The zero-order valence-electron chi connectivity index (χ0n) is 8.26. The molecule has 0 radical (unpaired) electrons. The summed E-state index contributed by atoms with van der Waals surface area (Å²) in [6, 6.07) is 0. The van der Waals surface area contributed by atoms with Crippen LogP contribution in [0.4, 0.5) is 0 Å². The zero-order valence-corrected chi connectivity index (χ0v) is 8.26. The smallest absolute Gasteiger partial charge is 0.0933 e. The number of hydrogen-bond acceptors (Lipinski definition) is 2. The SMILES string of the molecule is OC1(C2(O)CCCC2)CCCCC1. The van der Waals surface area contributed by atoms with E-state index in [4.69, 9.17) is 0 Å². The minimum atomic E-state index is -0.748. The van der Waals surface area contributed by atoms with Crippen molar-refractivity contribution in [3.05, 3.63) is 0 Å². The Hall–Kier alpha value is -0.0800. The van der Waals surface area contributed by atoms with Crippen LogP contribution in [0.3, 0.4) is 0 Å². The fraction of sp³-hybridized carbons (Fsp3) is 1.00. The Bertz CT molecular complexity index is 177. The van der Waals surface area contributed by atoms with Gasteiger partial charge in [0.1, 0.15) is 0 Å². The molecule has 2 nitrogen and oxygen atoms in total. The van der Waals surface area contributed by atoms with E-state index in [-0.39, 0.29) is 0 Å². The Morgan fingerprint density at radius 3 is 1.23 bits per heavy atom. The largest absolute Gasteiger partial charge is 0.387 e. The predicted molar refractivity (Wildman–Crippen MR) is 51.5 cm³/mol. The first-order valence-electron chi connectivity index (χ1n) is 5.61. The average molecular weight is 184 g/mol. The first-order valence-corrected chi connectivity index (χ1v) is 5.61. The van der Waals surface area contributed by atoms with Gasteiger partial charge in [0.05, 0.1) is 11.2 Å². The molecule has 0 bridgehead atoms. The van der Waals surface area contributed by atoms with E-state index < -0.39 is 11.2 Å². The molecule has 0 spiro atoms. The Morgan fingerprint density at radius 1 is 0.538 bits per heavy atom. The molecule has 76 valence electrons. The first kappa shape index (κ1) is 9.47. The fourth-order valence-electron chi connectivity index (χ4n) is 3.03. The second-order valence-corrected chi connectivity index (χ2v) is 4.83. The van der Waals surface area contributed by atoms with Crippen LogP contribution in [0.1, 0.15) is 57.8 Å². The van der Waals surface area contributed by atoms with Crippen LogP contribution >= 0.6 is 0 Å². The van der Waals surface area contributed by atoms with Crippen LogP contribution < -0.4 is 0 Å². The number of rotatable bonds is 1. The summed E-state index contributed by atoms with van der Waals surface area (Å²) in [4.78, 5) is 0. The summed E-state index contributed by atoms with van der Waals surface area (Å²) >= 11 is 0. The van der Waals surface area contributed by atoms with Crippen LogP contribution in [0.15, 0.2) is 0 Å². The summed E-state index contributed by atoms with van der Waals surface area (Å²) in [5.41, 5.74) is -1.49. The van der Waals surface area contributed by atoms with E-state index in [1.807, 2.05) is 0 Å². The maximum atomic E-state index is 10.4. The molecular formula is C11H20O2. The van der Waals surface area contributed by atoms with Gasteiger partial charge in [0.25, 0.3) is 0 Å². The molecule has 0 aliphatic heterocycles. The van der Waals surface area contributed by atoms with Gasteiger partial charge in [-0.1, -0.05) is 32.1 Å². The van der Waals surface area contributed by atoms with Gasteiger partial charge in [0.2, 0.25) is 0 Å². The molecule has 0 heterocycles. The van der Waals surface area contributed by atoms with Crippen LogP contribution in [-0.4, -0.2) is 21.4 Å². The van der Waals surface area contributed by atoms with E-state index in [0.717, 1.165) is 51.4 Å². The molecule has 0 amide bonds. The summed E-state index contributed by atoms with van der Waals surface area (Å²) in [7, 11) is 0. The van der Waals surface area contributed by atoms with Crippen LogP contribution in [0.5, 0.6) is 0 Å². The summed E-state index contributed by atoms with van der Waals surface area (Å²) < 4.78 is 0. The molecule has 0 aromatic carbocycles. The van der Waals surface area contributed by atoms with Crippen LogP contribution in [-0.2, 0) is 0 Å². The van der Waals surface area contributed by atoms with Crippen molar-refractivity contribution in [2.75, 3.05) is 0 Å². The summed E-state index contributed by atoms with van der Waals surface area (Å²) in [5, 5.41) is 20.7. The van der Waals surface area contributed by atoms with E-state index in [2.05, 4.69) is 0 Å². The van der Waals surface area contributed by atoms with Crippen LogP contribution in [0.25, 0.3) is 0 Å². The highest BCUT2D eigenvalue weighted by molar-refractivity contribution is 5.03. The highest BCUT2D eigenvalue weighted by Crippen LogP contribution is 2.45. The van der Waals surface area contributed by atoms with Crippen molar-refractivity contribution in [2.24, 2.45) is 0 Å². The lowest BCUT2D eigenvalue weighted by Crippen LogP contribution is -2.53. The molecule has 0 aromatic heterocycles. The van der Waals surface area contributed by atoms with Gasteiger partial charge in [0, 0.05) is 0 Å². The minimum Gasteiger partial charge on any atom is -0.387 e. The van der Waals surface area contributed by atoms with Gasteiger partial charge in [-0.2, -0.15) is 0 Å². The van der Waals surface area contributed by atoms with E-state index in [1.54, 1.807) is 0 Å². The van der Waals surface area contributed by atoms with Gasteiger partial charge in [0.15, 0.2) is 0 Å². The Kier molecular flexibility index (Phi) is 2.37. The van der Waals surface area contributed by atoms with Crippen molar-refractivity contribution in [3.8, 4) is 0 Å². The van der Waals surface area contributed by atoms with E-state index in [0.29, 0.717) is 0 Å². The molecule has 13 heavy (non-hydrogen) atoms. The van der Waals surface area contributed by atoms with Crippen molar-refractivity contribution in [1.29, 1.82) is 0 Å². The third-order valence-corrected chi connectivity index (χ3v) is 3.98. The molecule has 0 saturated heterocycles. The van der Waals surface area contributed by atoms with Gasteiger partial charge in [-0.15, -0.1) is 0 Å². The fourth-order valence-corrected chi connectivity index (χ4v) is 3.03. The Morgan fingerprint density at radius 2 is 0.846 bits per heavy atom. The van der Waals surface area contributed by atoms with Gasteiger partial charge < -0.3 is 10.2 Å². The molecule has 2 rings (SSSR count). The van der Waals surface area contributed by atoms with Crippen molar-refractivity contribution in [2.45, 2.75) is 69.0 Å². The van der Waals surface area contributed by atoms with E-state index in [9.17, 15) is 10.2 Å². The molecule has 0 unspecified atom stereocenters. The van der Waals surface area contributed by atoms with Crippen LogP contribution in [0, 0.1) is 0 Å². The molecule has 2 fully saturated rings. The second kappa shape index (κ2) is 3.25. The number of hydrogen-bond donors (Lipinski definition) is 2. The zero-order chi connectivity index (χ0) is 9.36. The van der Waals surface area contributed by atoms with Crippen LogP contribution in [0.2, 0.25) is 0 Å². The van der Waals surface area contributed by atoms with Crippen molar-refractivity contribution < 1.29 is 10.2 Å². The molecule has 2 N–H and O–H groups in total. The van der Waals surface area contributed by atoms with Gasteiger partial charge >= 0.3 is 0 Å². The topological polar surface area (TPSA) is 40.5 Å². The molecule has 2 heteroatoms. The van der Waals surface area contributed by atoms with Crippen molar-refractivity contribution in [1.82, 2.24) is 0 Å². The molecule has 2 saturated carbocycles. The standard InChI is InChI=1S/C11H20O2/c12-10(6-2-1-3-7-10)11(13)8-4-5-9-11/h12-13H,1-9H2. The maximum Gasteiger partial charge on any atom is 0.0933 e. The monoisotopic (exact) mass is 184 g/mol. The highest BCUT2D eigenvalue weighted by atomic mass is 16.4. The first-order chi connectivity index (χ1) is 6.16. The van der Waals surface area contributed by atoms with E-state index >= 15 is 0 Å². The summed E-state index contributed by atoms with van der Waals surface area (Å²) in [6.45, 7) is 0.